The van der Waals surface area contributed by atoms with Gasteiger partial charge in [-0.1, -0.05) is 20.8 Å². The first-order valence-corrected chi connectivity index (χ1v) is 6.58. The molecule has 1 aromatic heterocycles. The summed E-state index contributed by atoms with van der Waals surface area (Å²) in [6.45, 7) is 6.62. The molecule has 1 atom stereocenters. The minimum atomic E-state index is -4.28. The first-order chi connectivity index (χ1) is 9.19. The minimum absolute atomic E-state index is 0. The summed E-state index contributed by atoms with van der Waals surface area (Å²) in [4.78, 5) is 1.27. The zero-order valence-electron chi connectivity index (χ0n) is 11.8. The molecule has 0 amide bonds. The molecule has 20 heavy (non-hydrogen) atoms. The normalized spacial score (nSPS) is 21.1. The molecule has 0 spiro atoms. The van der Waals surface area contributed by atoms with Crippen molar-refractivity contribution in [3.05, 3.63) is 17.8 Å². The smallest absolute Gasteiger partial charge is 0.341 e. The van der Waals surface area contributed by atoms with Crippen LogP contribution in [0.1, 0.15) is 27.9 Å². The number of rotatable bonds is 1. The van der Waals surface area contributed by atoms with Crippen molar-refractivity contribution in [1.82, 2.24) is 15.5 Å². The molecule has 1 fully saturated rings. The van der Waals surface area contributed by atoms with Gasteiger partial charge >= 0.3 is 6.18 Å². The van der Waals surface area contributed by atoms with E-state index in [1.54, 1.807) is 12.1 Å². The second-order valence-corrected chi connectivity index (χ2v) is 5.98. The lowest BCUT2D eigenvalue weighted by Gasteiger charge is -2.37. The van der Waals surface area contributed by atoms with Crippen molar-refractivity contribution in [2.24, 2.45) is 0 Å². The zero-order chi connectivity index (χ0) is 15.0. The molecule has 4 nitrogen and oxygen atoms in total. The molecule has 2 heterocycles. The second-order valence-electron chi connectivity index (χ2n) is 5.98. The number of halogens is 3. The lowest BCUT2D eigenvalue weighted by Crippen LogP contribution is -2.58. The fraction of sp³-hybridized carbons (Fsp3) is 0.692. The second kappa shape index (κ2) is 5.20. The van der Waals surface area contributed by atoms with Crippen LogP contribution >= 0.6 is 0 Å². The van der Waals surface area contributed by atoms with Gasteiger partial charge in [0.1, 0.15) is 6.04 Å². The van der Waals surface area contributed by atoms with Crippen molar-refractivity contribution in [2.45, 2.75) is 38.4 Å². The van der Waals surface area contributed by atoms with Crippen molar-refractivity contribution in [1.29, 1.82) is 0 Å². The molecular formula is C13H21F3N4. The summed E-state index contributed by atoms with van der Waals surface area (Å²) < 4.78 is 39.0. The quantitative estimate of drug-likeness (QED) is 0.862. The van der Waals surface area contributed by atoms with Crippen LogP contribution in [0, 0.1) is 0 Å². The molecule has 0 radical (unpaired) electrons. The number of nitrogens with zero attached hydrogens (tertiary/aromatic N) is 3. The zero-order valence-corrected chi connectivity index (χ0v) is 11.8. The van der Waals surface area contributed by atoms with Crippen molar-refractivity contribution in [2.75, 3.05) is 24.5 Å². The molecule has 0 saturated carbocycles. The molecule has 114 valence electrons. The largest absolute Gasteiger partial charge is 0.410 e. The van der Waals surface area contributed by atoms with E-state index in [1.165, 1.54) is 4.90 Å². The fourth-order valence-electron chi connectivity index (χ4n) is 2.15. The van der Waals surface area contributed by atoms with Crippen molar-refractivity contribution in [3.63, 3.8) is 0 Å². The minimum Gasteiger partial charge on any atom is -0.341 e. The first-order valence-electron chi connectivity index (χ1n) is 6.58. The van der Waals surface area contributed by atoms with E-state index in [0.29, 0.717) is 6.54 Å². The van der Waals surface area contributed by atoms with E-state index in [9.17, 15) is 13.2 Å². The lowest BCUT2D eigenvalue weighted by molar-refractivity contribution is -0.149. The van der Waals surface area contributed by atoms with E-state index < -0.39 is 12.2 Å². The highest BCUT2D eigenvalue weighted by atomic mass is 19.4. The summed E-state index contributed by atoms with van der Waals surface area (Å²) in [6, 6.07) is 1.82. The summed E-state index contributed by atoms with van der Waals surface area (Å²) in [5.74, 6) is 0.279. The molecule has 1 N–H and O–H groups in total. The van der Waals surface area contributed by atoms with Crippen LogP contribution in [0.5, 0.6) is 0 Å². The number of nitrogens with one attached hydrogen (secondary N) is 1. The Morgan fingerprint density at radius 2 is 1.95 bits per heavy atom. The molecule has 1 saturated heterocycles. The Morgan fingerprint density at radius 1 is 1.25 bits per heavy atom. The van der Waals surface area contributed by atoms with Gasteiger partial charge in [-0.2, -0.15) is 18.3 Å². The van der Waals surface area contributed by atoms with Crippen molar-refractivity contribution in [3.8, 4) is 0 Å². The molecule has 7 heteroatoms. The van der Waals surface area contributed by atoms with Crippen LogP contribution in [-0.4, -0.2) is 42.0 Å². The lowest BCUT2D eigenvalue weighted by atomic mass is 9.92. The third-order valence-electron chi connectivity index (χ3n) is 3.33. The number of piperazine rings is 1. The molecule has 0 aromatic carbocycles. The van der Waals surface area contributed by atoms with Gasteiger partial charge in [0.2, 0.25) is 0 Å². The van der Waals surface area contributed by atoms with Crippen LogP contribution in [0.3, 0.4) is 0 Å². The van der Waals surface area contributed by atoms with Gasteiger partial charge in [0, 0.05) is 26.5 Å². The van der Waals surface area contributed by atoms with E-state index >= 15 is 0 Å². The molecule has 1 unspecified atom stereocenters. The van der Waals surface area contributed by atoms with Gasteiger partial charge < -0.3 is 10.2 Å². The molecule has 1 aliphatic heterocycles. The average Bonchev–Trinajstić information content (AvgIpc) is 2.37. The standard InChI is InChI=1S/C13H19F3N4.H2/c1-12(2,3)9-4-5-11(19-18-9)20-7-6-17-8-10(20)13(14,15)16;/h4-5,10,17H,6-8H2,1-3H3;1H. The van der Waals surface area contributed by atoms with Gasteiger partial charge in [-0.15, -0.1) is 5.10 Å². The number of hydrogen-bond donors (Lipinski definition) is 1. The third kappa shape index (κ3) is 3.20. The van der Waals surface area contributed by atoms with Crippen molar-refractivity contribution >= 4 is 5.82 Å². The molecule has 1 aliphatic rings. The molecule has 0 bridgehead atoms. The maximum atomic E-state index is 13.0. The highest BCUT2D eigenvalue weighted by Crippen LogP contribution is 2.29. The summed E-state index contributed by atoms with van der Waals surface area (Å²) in [5.41, 5.74) is 0.596. The van der Waals surface area contributed by atoms with Crippen LogP contribution in [0.15, 0.2) is 12.1 Å². The Balaban J connectivity index is 0.00000220. The summed E-state index contributed by atoms with van der Waals surface area (Å²) in [7, 11) is 0. The molecule has 0 aliphatic carbocycles. The van der Waals surface area contributed by atoms with E-state index in [2.05, 4.69) is 15.5 Å². The van der Waals surface area contributed by atoms with Gasteiger partial charge in [-0.25, -0.2) is 0 Å². The topological polar surface area (TPSA) is 41.0 Å². The SMILES string of the molecule is CC(C)(C)c1ccc(N2CCNCC2C(F)(F)F)nn1.[HH]. The Hall–Kier alpha value is -1.37. The van der Waals surface area contributed by atoms with Gasteiger partial charge in [-0.3, -0.25) is 0 Å². The highest BCUT2D eigenvalue weighted by Gasteiger charge is 2.45. The van der Waals surface area contributed by atoms with E-state index in [4.69, 9.17) is 0 Å². The van der Waals surface area contributed by atoms with Crippen LogP contribution in [-0.2, 0) is 5.41 Å². The number of anilines is 1. The predicted molar refractivity (Wildman–Crippen MR) is 72.9 cm³/mol. The predicted octanol–water partition coefficient (Wildman–Crippen LogP) is 2.36. The van der Waals surface area contributed by atoms with E-state index in [-0.39, 0.29) is 25.7 Å². The molecule has 1 aromatic rings. The number of alkyl halides is 3. The van der Waals surface area contributed by atoms with Crippen LogP contribution in [0.2, 0.25) is 0 Å². The van der Waals surface area contributed by atoms with Gasteiger partial charge in [0.15, 0.2) is 5.82 Å². The molecule has 2 rings (SSSR count). The third-order valence-corrected chi connectivity index (χ3v) is 3.33. The van der Waals surface area contributed by atoms with Crippen LogP contribution in [0.4, 0.5) is 19.0 Å². The Morgan fingerprint density at radius 3 is 2.45 bits per heavy atom. The van der Waals surface area contributed by atoms with Gasteiger partial charge in [0.05, 0.1) is 5.69 Å². The highest BCUT2D eigenvalue weighted by molar-refractivity contribution is 5.41. The van der Waals surface area contributed by atoms with Crippen LogP contribution < -0.4 is 10.2 Å². The van der Waals surface area contributed by atoms with E-state index in [1.807, 2.05) is 20.8 Å². The van der Waals surface area contributed by atoms with Gasteiger partial charge in [0.25, 0.3) is 0 Å². The maximum Gasteiger partial charge on any atom is 0.410 e. The Labute approximate surface area is 117 Å². The monoisotopic (exact) mass is 290 g/mol. The maximum absolute atomic E-state index is 13.0. The van der Waals surface area contributed by atoms with E-state index in [0.717, 1.165) is 5.69 Å². The summed E-state index contributed by atoms with van der Waals surface area (Å²) in [6.07, 6.45) is -4.28. The Kier molecular flexibility index (Phi) is 3.90. The summed E-state index contributed by atoms with van der Waals surface area (Å²) >= 11 is 0. The Bertz CT molecular complexity index is 456. The van der Waals surface area contributed by atoms with Crippen molar-refractivity contribution < 1.29 is 14.6 Å². The number of aromatic nitrogens is 2. The van der Waals surface area contributed by atoms with Crippen LogP contribution in [0.25, 0.3) is 0 Å². The molecular weight excluding hydrogens is 269 g/mol. The first kappa shape index (κ1) is 15.0. The number of hydrogen-bond acceptors (Lipinski definition) is 4. The summed E-state index contributed by atoms with van der Waals surface area (Å²) in [5, 5.41) is 10.8. The van der Waals surface area contributed by atoms with Gasteiger partial charge in [-0.05, 0) is 12.1 Å². The fourth-order valence-corrected chi connectivity index (χ4v) is 2.15. The average molecular weight is 290 g/mol.